The van der Waals surface area contributed by atoms with Gasteiger partial charge in [-0.05, 0) is 24.1 Å². The maximum absolute atomic E-state index is 9.50. The number of nitrogens with zero attached hydrogens (tertiary/aromatic N) is 2. The van der Waals surface area contributed by atoms with E-state index in [4.69, 9.17) is 18.0 Å². The fourth-order valence-electron chi connectivity index (χ4n) is 2.79. The largest absolute Gasteiger partial charge is 0.508 e. The van der Waals surface area contributed by atoms with E-state index in [1.165, 1.54) is 0 Å². The first-order valence-electron chi connectivity index (χ1n) is 7.13. The molecule has 1 saturated heterocycles. The minimum Gasteiger partial charge on any atom is -0.508 e. The van der Waals surface area contributed by atoms with Crippen LogP contribution >= 0.6 is 12.2 Å². The summed E-state index contributed by atoms with van der Waals surface area (Å²) in [6.07, 6.45) is 0.974. The Balaban J connectivity index is 1.86. The SMILES string of the molecule is CCC(C(N)=S)N1CCN(Cc2cccc(O)c2)CC1. The molecule has 1 aliphatic heterocycles. The Morgan fingerprint density at radius 3 is 2.60 bits per heavy atom. The van der Waals surface area contributed by atoms with Crippen molar-refractivity contribution in [3.05, 3.63) is 29.8 Å². The predicted octanol–water partition coefficient (Wildman–Crippen LogP) is 1.57. The lowest BCUT2D eigenvalue weighted by atomic mass is 10.1. The molecule has 0 amide bonds. The Kier molecular flexibility index (Phi) is 5.34. The first kappa shape index (κ1) is 15.2. The molecule has 110 valence electrons. The van der Waals surface area contributed by atoms with Gasteiger partial charge in [-0.15, -0.1) is 0 Å². The van der Waals surface area contributed by atoms with E-state index in [9.17, 15) is 5.11 Å². The molecule has 0 radical (unpaired) electrons. The Morgan fingerprint density at radius 1 is 1.35 bits per heavy atom. The highest BCUT2D eigenvalue weighted by Gasteiger charge is 2.24. The molecule has 5 heteroatoms. The van der Waals surface area contributed by atoms with E-state index < -0.39 is 0 Å². The molecule has 1 unspecified atom stereocenters. The fourth-order valence-corrected chi connectivity index (χ4v) is 3.10. The quantitative estimate of drug-likeness (QED) is 0.807. The molecule has 0 aliphatic carbocycles. The van der Waals surface area contributed by atoms with E-state index in [1.807, 2.05) is 12.1 Å². The summed E-state index contributed by atoms with van der Waals surface area (Å²) in [6.45, 7) is 7.02. The smallest absolute Gasteiger partial charge is 0.115 e. The van der Waals surface area contributed by atoms with E-state index in [-0.39, 0.29) is 6.04 Å². The summed E-state index contributed by atoms with van der Waals surface area (Å²) in [6, 6.07) is 7.70. The van der Waals surface area contributed by atoms with Gasteiger partial charge in [0.15, 0.2) is 0 Å². The topological polar surface area (TPSA) is 52.7 Å². The third kappa shape index (κ3) is 3.91. The number of piperazine rings is 1. The summed E-state index contributed by atoms with van der Waals surface area (Å²) in [5.74, 6) is 0.334. The average molecular weight is 293 g/mol. The van der Waals surface area contributed by atoms with Gasteiger partial charge in [0, 0.05) is 32.7 Å². The highest BCUT2D eigenvalue weighted by molar-refractivity contribution is 7.80. The zero-order chi connectivity index (χ0) is 14.5. The number of nitrogens with two attached hydrogens (primary N) is 1. The predicted molar refractivity (Wildman–Crippen MR) is 85.8 cm³/mol. The lowest BCUT2D eigenvalue weighted by molar-refractivity contribution is 0.112. The van der Waals surface area contributed by atoms with Gasteiger partial charge in [0.05, 0.1) is 11.0 Å². The van der Waals surface area contributed by atoms with Crippen LogP contribution in [0.5, 0.6) is 5.75 Å². The molecule has 3 N–H and O–H groups in total. The van der Waals surface area contributed by atoms with Gasteiger partial charge in [0.25, 0.3) is 0 Å². The maximum atomic E-state index is 9.50. The van der Waals surface area contributed by atoms with Gasteiger partial charge in [-0.3, -0.25) is 9.80 Å². The molecule has 1 aromatic rings. The highest BCUT2D eigenvalue weighted by Crippen LogP contribution is 2.15. The molecule has 2 rings (SSSR count). The van der Waals surface area contributed by atoms with Crippen LogP contribution < -0.4 is 5.73 Å². The van der Waals surface area contributed by atoms with Crippen LogP contribution in [0.3, 0.4) is 0 Å². The number of aromatic hydroxyl groups is 1. The number of rotatable bonds is 5. The monoisotopic (exact) mass is 293 g/mol. The minimum absolute atomic E-state index is 0.230. The fraction of sp³-hybridized carbons (Fsp3) is 0.533. The van der Waals surface area contributed by atoms with Crippen LogP contribution in [-0.2, 0) is 6.54 Å². The molecule has 1 aromatic carbocycles. The second-order valence-electron chi connectivity index (χ2n) is 5.31. The van der Waals surface area contributed by atoms with Crippen LogP contribution in [-0.4, -0.2) is 52.1 Å². The molecule has 0 bridgehead atoms. The normalized spacial score (nSPS) is 18.9. The molecule has 20 heavy (non-hydrogen) atoms. The van der Waals surface area contributed by atoms with Gasteiger partial charge in [-0.25, -0.2) is 0 Å². The first-order valence-corrected chi connectivity index (χ1v) is 7.54. The Bertz CT molecular complexity index is 458. The Hall–Kier alpha value is -1.17. The number of hydrogen-bond donors (Lipinski definition) is 2. The van der Waals surface area contributed by atoms with Crippen molar-refractivity contribution in [2.75, 3.05) is 26.2 Å². The molecule has 1 aliphatic rings. The van der Waals surface area contributed by atoms with Crippen molar-refractivity contribution in [2.24, 2.45) is 5.73 Å². The maximum Gasteiger partial charge on any atom is 0.115 e. The molecular formula is C15H23N3OS. The van der Waals surface area contributed by atoms with Crippen molar-refractivity contribution in [3.63, 3.8) is 0 Å². The molecular weight excluding hydrogens is 270 g/mol. The highest BCUT2D eigenvalue weighted by atomic mass is 32.1. The van der Waals surface area contributed by atoms with Crippen molar-refractivity contribution in [1.29, 1.82) is 0 Å². The van der Waals surface area contributed by atoms with Gasteiger partial charge in [0.1, 0.15) is 5.75 Å². The minimum atomic E-state index is 0.230. The van der Waals surface area contributed by atoms with Gasteiger partial charge in [0.2, 0.25) is 0 Å². The van der Waals surface area contributed by atoms with Crippen LogP contribution in [0.25, 0.3) is 0 Å². The second kappa shape index (κ2) is 7.02. The van der Waals surface area contributed by atoms with Crippen molar-refractivity contribution in [3.8, 4) is 5.75 Å². The zero-order valence-corrected chi connectivity index (χ0v) is 12.8. The summed E-state index contributed by atoms with van der Waals surface area (Å²) in [5.41, 5.74) is 6.95. The number of thiocarbonyl (C=S) groups is 1. The molecule has 0 saturated carbocycles. The zero-order valence-electron chi connectivity index (χ0n) is 12.0. The summed E-state index contributed by atoms with van der Waals surface area (Å²) in [7, 11) is 0. The van der Waals surface area contributed by atoms with Crippen LogP contribution in [0.1, 0.15) is 18.9 Å². The molecule has 1 heterocycles. The molecule has 1 fully saturated rings. The van der Waals surface area contributed by atoms with Crippen molar-refractivity contribution in [2.45, 2.75) is 25.9 Å². The van der Waals surface area contributed by atoms with Crippen LogP contribution in [0, 0.1) is 0 Å². The molecule has 1 atom stereocenters. The van der Waals surface area contributed by atoms with Crippen LogP contribution in [0.2, 0.25) is 0 Å². The van der Waals surface area contributed by atoms with E-state index in [2.05, 4.69) is 22.8 Å². The van der Waals surface area contributed by atoms with E-state index in [0.29, 0.717) is 10.7 Å². The van der Waals surface area contributed by atoms with E-state index >= 15 is 0 Å². The third-order valence-corrected chi connectivity index (χ3v) is 4.15. The van der Waals surface area contributed by atoms with E-state index in [0.717, 1.165) is 44.7 Å². The van der Waals surface area contributed by atoms with Crippen molar-refractivity contribution in [1.82, 2.24) is 9.80 Å². The van der Waals surface area contributed by atoms with E-state index in [1.54, 1.807) is 6.07 Å². The number of hydrogen-bond acceptors (Lipinski definition) is 4. The van der Waals surface area contributed by atoms with Crippen molar-refractivity contribution >= 4 is 17.2 Å². The number of benzene rings is 1. The summed E-state index contributed by atoms with van der Waals surface area (Å²) < 4.78 is 0. The Labute approximate surface area is 126 Å². The first-order chi connectivity index (χ1) is 9.60. The lowest BCUT2D eigenvalue weighted by Crippen LogP contribution is -2.53. The van der Waals surface area contributed by atoms with Crippen molar-refractivity contribution < 1.29 is 5.11 Å². The van der Waals surface area contributed by atoms with Gasteiger partial charge in [-0.2, -0.15) is 0 Å². The number of phenols is 1. The number of phenolic OH excluding ortho intramolecular Hbond substituents is 1. The van der Waals surface area contributed by atoms with Crippen LogP contribution in [0.15, 0.2) is 24.3 Å². The lowest BCUT2D eigenvalue weighted by Gasteiger charge is -2.38. The molecule has 0 spiro atoms. The van der Waals surface area contributed by atoms with Gasteiger partial charge in [-0.1, -0.05) is 31.3 Å². The van der Waals surface area contributed by atoms with Gasteiger partial charge >= 0.3 is 0 Å². The molecule has 4 nitrogen and oxygen atoms in total. The third-order valence-electron chi connectivity index (χ3n) is 3.88. The van der Waals surface area contributed by atoms with Gasteiger partial charge < -0.3 is 10.8 Å². The summed E-state index contributed by atoms with van der Waals surface area (Å²) in [4.78, 5) is 5.38. The summed E-state index contributed by atoms with van der Waals surface area (Å²) in [5, 5.41) is 9.50. The average Bonchev–Trinajstić information content (AvgIpc) is 2.41. The Morgan fingerprint density at radius 2 is 2.05 bits per heavy atom. The molecule has 0 aromatic heterocycles. The summed E-state index contributed by atoms with van der Waals surface area (Å²) >= 11 is 5.14. The van der Waals surface area contributed by atoms with Crippen LogP contribution in [0.4, 0.5) is 0 Å². The second-order valence-corrected chi connectivity index (χ2v) is 5.78. The standard InChI is InChI=1S/C15H23N3OS/c1-2-14(15(16)20)18-8-6-17(7-9-18)11-12-4-3-5-13(19)10-12/h3-5,10,14,19H,2,6-9,11H2,1H3,(H2,16,20).